The predicted octanol–water partition coefficient (Wildman–Crippen LogP) is 6.95. The van der Waals surface area contributed by atoms with Crippen molar-refractivity contribution in [1.29, 1.82) is 0 Å². The van der Waals surface area contributed by atoms with Gasteiger partial charge >= 0.3 is 5.97 Å². The second-order valence-corrected chi connectivity index (χ2v) is 9.55. The molecule has 2 aromatic carbocycles. The second kappa shape index (κ2) is 9.62. The summed E-state index contributed by atoms with van der Waals surface area (Å²) in [5.41, 5.74) is 1.87. The van der Waals surface area contributed by atoms with E-state index in [4.69, 9.17) is 33.0 Å². The van der Waals surface area contributed by atoms with Crippen molar-refractivity contribution in [1.82, 2.24) is 0 Å². The van der Waals surface area contributed by atoms with Crippen LogP contribution >= 0.6 is 51.5 Å². The Morgan fingerprint density at radius 1 is 1.22 bits per heavy atom. The van der Waals surface area contributed by atoms with E-state index in [1.165, 1.54) is 16.7 Å². The van der Waals surface area contributed by atoms with Gasteiger partial charge in [-0.3, -0.25) is 9.69 Å². The topological polar surface area (TPSA) is 59.8 Å². The van der Waals surface area contributed by atoms with Crippen molar-refractivity contribution < 1.29 is 18.7 Å². The van der Waals surface area contributed by atoms with E-state index in [0.29, 0.717) is 43.6 Å². The number of halogens is 2. The van der Waals surface area contributed by atoms with Gasteiger partial charge in [0.15, 0.2) is 4.32 Å². The van der Waals surface area contributed by atoms with E-state index in [0.717, 1.165) is 10.0 Å². The molecule has 0 saturated carbocycles. The minimum Gasteiger partial charge on any atom is -0.462 e. The van der Waals surface area contributed by atoms with Crippen molar-refractivity contribution in [3.8, 4) is 11.3 Å². The molecule has 3 aromatic rings. The number of benzene rings is 2. The number of thioether (sulfide) groups is 1. The van der Waals surface area contributed by atoms with Gasteiger partial charge in [-0.2, -0.15) is 0 Å². The summed E-state index contributed by atoms with van der Waals surface area (Å²) in [6.45, 7) is 2.09. The summed E-state index contributed by atoms with van der Waals surface area (Å²) in [5, 5.41) is 0.491. The number of hydrogen-bond donors (Lipinski definition) is 0. The molecule has 5 nitrogen and oxygen atoms in total. The molecule has 9 heteroatoms. The molecule has 162 valence electrons. The zero-order valence-electron chi connectivity index (χ0n) is 16.6. The lowest BCUT2D eigenvalue weighted by molar-refractivity contribution is -0.113. The smallest absolute Gasteiger partial charge is 0.338 e. The van der Waals surface area contributed by atoms with Crippen molar-refractivity contribution in [3.63, 3.8) is 0 Å². The molecule has 1 aliphatic heterocycles. The van der Waals surface area contributed by atoms with Crippen LogP contribution in [0.5, 0.6) is 0 Å². The monoisotopic (exact) mass is 547 g/mol. The van der Waals surface area contributed by atoms with Crippen LogP contribution in [0.4, 0.5) is 5.69 Å². The van der Waals surface area contributed by atoms with Crippen LogP contribution in [-0.2, 0) is 9.53 Å². The Labute approximate surface area is 207 Å². The second-order valence-electron chi connectivity index (χ2n) is 6.62. The van der Waals surface area contributed by atoms with Crippen LogP contribution in [0.25, 0.3) is 17.4 Å². The highest BCUT2D eigenvalue weighted by molar-refractivity contribution is 9.10. The fraction of sp³-hybridized carbons (Fsp3) is 0.0870. The first-order valence-corrected chi connectivity index (χ1v) is 11.9. The Morgan fingerprint density at radius 3 is 2.66 bits per heavy atom. The molecule has 2 heterocycles. The number of ether oxygens (including phenoxy) is 1. The maximum Gasteiger partial charge on any atom is 0.338 e. The van der Waals surface area contributed by atoms with E-state index in [-0.39, 0.29) is 11.9 Å². The molecule has 4 rings (SSSR count). The van der Waals surface area contributed by atoms with Crippen LogP contribution in [0.15, 0.2) is 68.4 Å². The normalized spacial score (nSPS) is 15.0. The highest BCUT2D eigenvalue weighted by Crippen LogP contribution is 2.38. The van der Waals surface area contributed by atoms with Crippen LogP contribution in [0.2, 0.25) is 5.02 Å². The number of anilines is 1. The van der Waals surface area contributed by atoms with Crippen molar-refractivity contribution >= 4 is 79.5 Å². The Hall–Kier alpha value is -2.39. The lowest BCUT2D eigenvalue weighted by Crippen LogP contribution is -2.27. The zero-order chi connectivity index (χ0) is 22.8. The van der Waals surface area contributed by atoms with Crippen LogP contribution < -0.4 is 4.90 Å². The molecule has 0 unspecified atom stereocenters. The highest BCUT2D eigenvalue weighted by atomic mass is 79.9. The molecule has 0 bridgehead atoms. The fourth-order valence-corrected chi connectivity index (χ4v) is 4.71. The van der Waals surface area contributed by atoms with Gasteiger partial charge in [-0.05, 0) is 65.3 Å². The number of thiocarbonyl (C=S) groups is 1. The first-order chi connectivity index (χ1) is 15.4. The van der Waals surface area contributed by atoms with Gasteiger partial charge in [-0.25, -0.2) is 4.79 Å². The van der Waals surface area contributed by atoms with E-state index in [1.807, 2.05) is 0 Å². The minimum absolute atomic E-state index is 0.241. The molecule has 1 aromatic heterocycles. The van der Waals surface area contributed by atoms with Crippen molar-refractivity contribution in [2.75, 3.05) is 11.5 Å². The molecule has 1 amide bonds. The molecule has 1 saturated heterocycles. The lowest BCUT2D eigenvalue weighted by Gasteiger charge is -2.15. The Balaban J connectivity index is 1.54. The van der Waals surface area contributed by atoms with Crippen molar-refractivity contribution in [2.45, 2.75) is 6.92 Å². The number of nitrogens with zero attached hydrogens (tertiary/aromatic N) is 1. The number of rotatable bonds is 5. The minimum atomic E-state index is -0.367. The van der Waals surface area contributed by atoms with E-state index < -0.39 is 0 Å². The van der Waals surface area contributed by atoms with E-state index in [1.54, 1.807) is 67.6 Å². The number of carbonyl (C=O) groups excluding carboxylic acids is 2. The van der Waals surface area contributed by atoms with E-state index in [9.17, 15) is 9.59 Å². The standard InChI is InChI=1S/C23H15BrClNO4S2/c1-2-29-22(28)14-5-3-13(4-6-14)19-10-8-16(30-19)12-20-21(27)26(23(31)32-20)15-7-9-17(24)18(25)11-15/h3-12H,2H2,1H3/b20-12+. The largest absolute Gasteiger partial charge is 0.462 e. The summed E-state index contributed by atoms with van der Waals surface area (Å²) in [6.07, 6.45) is 1.66. The van der Waals surface area contributed by atoms with Gasteiger partial charge in [0.05, 0.1) is 27.8 Å². The third kappa shape index (κ3) is 4.68. The number of amides is 1. The Morgan fingerprint density at radius 2 is 1.97 bits per heavy atom. The average molecular weight is 549 g/mol. The van der Waals surface area contributed by atoms with Crippen LogP contribution in [0, 0.1) is 0 Å². The maximum atomic E-state index is 13.0. The summed E-state index contributed by atoms with van der Waals surface area (Å²) >= 11 is 16.1. The summed E-state index contributed by atoms with van der Waals surface area (Å²) in [4.78, 5) is 26.7. The summed E-state index contributed by atoms with van der Waals surface area (Å²) in [6, 6.07) is 15.7. The van der Waals surface area contributed by atoms with E-state index >= 15 is 0 Å². The Kier molecular flexibility index (Phi) is 6.85. The molecule has 0 radical (unpaired) electrons. The molecule has 0 N–H and O–H groups in total. The number of esters is 1. The van der Waals surface area contributed by atoms with Gasteiger partial charge < -0.3 is 9.15 Å². The molecular formula is C23H15BrClNO4S2. The lowest BCUT2D eigenvalue weighted by atomic mass is 10.1. The third-order valence-electron chi connectivity index (χ3n) is 4.54. The predicted molar refractivity (Wildman–Crippen MR) is 135 cm³/mol. The molecular weight excluding hydrogens is 534 g/mol. The van der Waals surface area contributed by atoms with Gasteiger partial charge in [-0.15, -0.1) is 0 Å². The van der Waals surface area contributed by atoms with Gasteiger partial charge in [0.25, 0.3) is 5.91 Å². The quantitative estimate of drug-likeness (QED) is 0.195. The number of hydrogen-bond acceptors (Lipinski definition) is 6. The van der Waals surface area contributed by atoms with Gasteiger partial charge in [0, 0.05) is 16.1 Å². The van der Waals surface area contributed by atoms with Crippen LogP contribution in [-0.4, -0.2) is 22.8 Å². The molecule has 0 atom stereocenters. The number of furan rings is 1. The van der Waals surface area contributed by atoms with Crippen molar-refractivity contribution in [2.24, 2.45) is 0 Å². The summed E-state index contributed by atoms with van der Waals surface area (Å²) < 4.78 is 12.0. The third-order valence-corrected chi connectivity index (χ3v) is 7.07. The zero-order valence-corrected chi connectivity index (χ0v) is 20.6. The van der Waals surface area contributed by atoms with Crippen LogP contribution in [0.1, 0.15) is 23.0 Å². The molecule has 1 fully saturated rings. The summed E-state index contributed by atoms with van der Waals surface area (Å²) in [7, 11) is 0. The maximum absolute atomic E-state index is 13.0. The first kappa shape index (κ1) is 22.8. The number of carbonyl (C=O) groups is 2. The van der Waals surface area contributed by atoms with Gasteiger partial charge in [0.2, 0.25) is 0 Å². The molecule has 1 aliphatic rings. The fourth-order valence-electron chi connectivity index (χ4n) is 3.01. The highest BCUT2D eigenvalue weighted by Gasteiger charge is 2.33. The van der Waals surface area contributed by atoms with Crippen molar-refractivity contribution in [3.05, 3.63) is 80.3 Å². The molecule has 0 aliphatic carbocycles. The Bertz CT molecular complexity index is 1250. The van der Waals surface area contributed by atoms with E-state index in [2.05, 4.69) is 15.9 Å². The first-order valence-electron chi connectivity index (χ1n) is 9.47. The van der Waals surface area contributed by atoms with Gasteiger partial charge in [-0.1, -0.05) is 47.7 Å². The van der Waals surface area contributed by atoms with Crippen LogP contribution in [0.3, 0.4) is 0 Å². The summed E-state index contributed by atoms with van der Waals surface area (Å²) in [5.74, 6) is 0.522. The molecule has 32 heavy (non-hydrogen) atoms. The SMILES string of the molecule is CCOC(=O)c1ccc(-c2ccc(/C=C3/SC(=S)N(c4ccc(Br)c(Cl)c4)C3=O)o2)cc1. The average Bonchev–Trinajstić information content (AvgIpc) is 3.35. The molecule has 0 spiro atoms. The van der Waals surface area contributed by atoms with Gasteiger partial charge in [0.1, 0.15) is 11.5 Å².